The first-order chi connectivity index (χ1) is 8.49. The van der Waals surface area contributed by atoms with E-state index in [1.54, 1.807) is 6.07 Å². The minimum Gasteiger partial charge on any atom is -0.316 e. The fourth-order valence-electron chi connectivity index (χ4n) is 2.32. The minimum absolute atomic E-state index is 0.454. The number of nitrogens with zero attached hydrogens (tertiary/aromatic N) is 1. The number of hydrogen-bond donors (Lipinski definition) is 1. The summed E-state index contributed by atoms with van der Waals surface area (Å²) in [5.41, 5.74) is 0.158. The molecule has 0 spiro atoms. The van der Waals surface area contributed by atoms with Crippen LogP contribution < -0.4 is 5.32 Å². The number of halogens is 3. The molecule has 2 rings (SSSR count). The van der Waals surface area contributed by atoms with Crippen molar-refractivity contribution < 1.29 is 13.2 Å². The molecule has 1 aliphatic rings. The van der Waals surface area contributed by atoms with Crippen molar-refractivity contribution in [1.82, 2.24) is 10.2 Å². The third-order valence-electron chi connectivity index (χ3n) is 3.34. The van der Waals surface area contributed by atoms with Gasteiger partial charge < -0.3 is 5.32 Å². The maximum atomic E-state index is 12.6. The van der Waals surface area contributed by atoms with Gasteiger partial charge in [0, 0.05) is 25.7 Å². The van der Waals surface area contributed by atoms with Crippen molar-refractivity contribution in [2.75, 3.05) is 20.1 Å². The number of rotatable bonds is 3. The number of likely N-dealkylation sites (N-methyl/N-ethyl adjacent to an activating group) is 1. The van der Waals surface area contributed by atoms with Crippen LogP contribution in [0, 0.1) is 0 Å². The van der Waals surface area contributed by atoms with Gasteiger partial charge in [-0.1, -0.05) is 18.2 Å². The van der Waals surface area contributed by atoms with Gasteiger partial charge in [-0.05, 0) is 25.1 Å². The van der Waals surface area contributed by atoms with Crippen molar-refractivity contribution >= 4 is 0 Å². The van der Waals surface area contributed by atoms with Crippen LogP contribution in [-0.4, -0.2) is 31.1 Å². The fraction of sp³-hybridized carbons (Fsp3) is 0.538. The van der Waals surface area contributed by atoms with Crippen LogP contribution in [0.3, 0.4) is 0 Å². The summed E-state index contributed by atoms with van der Waals surface area (Å²) in [5, 5.41) is 3.19. The van der Waals surface area contributed by atoms with E-state index >= 15 is 0 Å². The van der Waals surface area contributed by atoms with E-state index in [0.29, 0.717) is 12.6 Å². The van der Waals surface area contributed by atoms with Crippen molar-refractivity contribution in [1.29, 1.82) is 0 Å². The maximum absolute atomic E-state index is 12.6. The van der Waals surface area contributed by atoms with E-state index in [-0.39, 0.29) is 0 Å². The van der Waals surface area contributed by atoms with Crippen molar-refractivity contribution in [2.45, 2.75) is 25.2 Å². The van der Waals surface area contributed by atoms with Gasteiger partial charge in [0.1, 0.15) is 0 Å². The largest absolute Gasteiger partial charge is 0.416 e. The predicted molar refractivity (Wildman–Crippen MR) is 64.2 cm³/mol. The summed E-state index contributed by atoms with van der Waals surface area (Å²) in [6, 6.07) is 6.04. The van der Waals surface area contributed by atoms with E-state index in [4.69, 9.17) is 0 Å². The Labute approximate surface area is 105 Å². The highest BCUT2D eigenvalue weighted by Crippen LogP contribution is 2.29. The molecule has 0 aliphatic carbocycles. The van der Waals surface area contributed by atoms with Crippen LogP contribution in [0.5, 0.6) is 0 Å². The number of likely N-dealkylation sites (tertiary alicyclic amines) is 1. The first-order valence-electron chi connectivity index (χ1n) is 6.05. The quantitative estimate of drug-likeness (QED) is 0.896. The normalized spacial score (nSPS) is 21.4. The van der Waals surface area contributed by atoms with E-state index in [9.17, 15) is 13.2 Å². The third kappa shape index (κ3) is 3.23. The third-order valence-corrected chi connectivity index (χ3v) is 3.34. The predicted octanol–water partition coefficient (Wildman–Crippen LogP) is 2.50. The van der Waals surface area contributed by atoms with E-state index in [0.717, 1.165) is 31.1 Å². The first kappa shape index (κ1) is 13.4. The standard InChI is InChI=1S/C13H17F3N2/c1-17-12-5-6-18(9-12)8-10-3-2-4-11(7-10)13(14,15)16/h2-4,7,12,17H,5-6,8-9H2,1H3. The van der Waals surface area contributed by atoms with Gasteiger partial charge in [0.05, 0.1) is 5.56 Å². The Morgan fingerprint density at radius 1 is 1.39 bits per heavy atom. The van der Waals surface area contributed by atoms with Crippen LogP contribution in [-0.2, 0) is 12.7 Å². The molecule has 100 valence electrons. The highest BCUT2D eigenvalue weighted by molar-refractivity contribution is 5.25. The molecule has 1 atom stereocenters. The molecular weight excluding hydrogens is 241 g/mol. The molecule has 1 aromatic rings. The van der Waals surface area contributed by atoms with Gasteiger partial charge in [0.25, 0.3) is 0 Å². The van der Waals surface area contributed by atoms with Crippen LogP contribution in [0.2, 0.25) is 0 Å². The summed E-state index contributed by atoms with van der Waals surface area (Å²) < 4.78 is 37.7. The molecule has 1 N–H and O–H groups in total. The second-order valence-electron chi connectivity index (χ2n) is 4.71. The van der Waals surface area contributed by atoms with Gasteiger partial charge in [-0.15, -0.1) is 0 Å². The molecule has 1 unspecified atom stereocenters. The van der Waals surface area contributed by atoms with E-state index < -0.39 is 11.7 Å². The molecule has 5 heteroatoms. The van der Waals surface area contributed by atoms with Gasteiger partial charge >= 0.3 is 6.18 Å². The van der Waals surface area contributed by atoms with Crippen molar-refractivity contribution in [2.24, 2.45) is 0 Å². The minimum atomic E-state index is -4.26. The Kier molecular flexibility index (Phi) is 3.92. The Morgan fingerprint density at radius 3 is 2.78 bits per heavy atom. The Hall–Kier alpha value is -1.07. The van der Waals surface area contributed by atoms with Crippen LogP contribution in [0.4, 0.5) is 13.2 Å². The molecule has 0 amide bonds. The van der Waals surface area contributed by atoms with Gasteiger partial charge in [-0.3, -0.25) is 4.90 Å². The molecule has 1 fully saturated rings. The molecule has 1 aromatic carbocycles. The topological polar surface area (TPSA) is 15.3 Å². The van der Waals surface area contributed by atoms with Crippen LogP contribution in [0.15, 0.2) is 24.3 Å². The van der Waals surface area contributed by atoms with Crippen molar-refractivity contribution in [3.8, 4) is 0 Å². The van der Waals surface area contributed by atoms with Crippen molar-refractivity contribution in [3.63, 3.8) is 0 Å². The summed E-state index contributed by atoms with van der Waals surface area (Å²) in [6.45, 7) is 2.41. The Bertz CT molecular complexity index is 403. The molecule has 18 heavy (non-hydrogen) atoms. The molecule has 0 aromatic heterocycles. The zero-order valence-corrected chi connectivity index (χ0v) is 10.3. The number of benzene rings is 1. The number of alkyl halides is 3. The monoisotopic (exact) mass is 258 g/mol. The smallest absolute Gasteiger partial charge is 0.316 e. The zero-order chi connectivity index (χ0) is 13.2. The van der Waals surface area contributed by atoms with Crippen molar-refractivity contribution in [3.05, 3.63) is 35.4 Å². The van der Waals surface area contributed by atoms with E-state index in [1.165, 1.54) is 12.1 Å². The summed E-state index contributed by atoms with van der Waals surface area (Å²) in [5.74, 6) is 0. The lowest BCUT2D eigenvalue weighted by Gasteiger charge is -2.17. The second kappa shape index (κ2) is 5.28. The molecule has 2 nitrogen and oxygen atoms in total. The zero-order valence-electron chi connectivity index (χ0n) is 10.3. The fourth-order valence-corrected chi connectivity index (χ4v) is 2.32. The molecule has 1 aliphatic heterocycles. The first-order valence-corrected chi connectivity index (χ1v) is 6.05. The molecule has 0 radical (unpaired) electrons. The Balaban J connectivity index is 2.02. The van der Waals surface area contributed by atoms with Gasteiger partial charge in [0.2, 0.25) is 0 Å². The average Bonchev–Trinajstić information content (AvgIpc) is 2.76. The van der Waals surface area contributed by atoms with E-state index in [2.05, 4.69) is 10.2 Å². The summed E-state index contributed by atoms with van der Waals surface area (Å²) >= 11 is 0. The summed E-state index contributed by atoms with van der Waals surface area (Å²) in [7, 11) is 1.92. The lowest BCUT2D eigenvalue weighted by Crippen LogP contribution is -2.29. The maximum Gasteiger partial charge on any atom is 0.416 e. The highest BCUT2D eigenvalue weighted by atomic mass is 19.4. The molecule has 0 bridgehead atoms. The lowest BCUT2D eigenvalue weighted by atomic mass is 10.1. The van der Waals surface area contributed by atoms with Crippen LogP contribution in [0.25, 0.3) is 0 Å². The molecule has 1 saturated heterocycles. The molecular formula is C13H17F3N2. The summed E-state index contributed by atoms with van der Waals surface area (Å²) in [4.78, 5) is 2.18. The van der Waals surface area contributed by atoms with Crippen LogP contribution in [0.1, 0.15) is 17.5 Å². The van der Waals surface area contributed by atoms with E-state index in [1.807, 2.05) is 7.05 Å². The van der Waals surface area contributed by atoms with Gasteiger partial charge in [-0.25, -0.2) is 0 Å². The van der Waals surface area contributed by atoms with Gasteiger partial charge in [-0.2, -0.15) is 13.2 Å². The second-order valence-corrected chi connectivity index (χ2v) is 4.71. The number of nitrogens with one attached hydrogen (secondary N) is 1. The SMILES string of the molecule is CNC1CCN(Cc2cccc(C(F)(F)F)c2)C1. The number of hydrogen-bond acceptors (Lipinski definition) is 2. The molecule has 1 heterocycles. The summed E-state index contributed by atoms with van der Waals surface area (Å²) in [6.07, 6.45) is -3.20. The highest BCUT2D eigenvalue weighted by Gasteiger charge is 2.30. The molecule has 0 saturated carbocycles. The lowest BCUT2D eigenvalue weighted by molar-refractivity contribution is -0.137. The van der Waals surface area contributed by atoms with Gasteiger partial charge in [0.15, 0.2) is 0 Å². The van der Waals surface area contributed by atoms with Crippen LogP contribution >= 0.6 is 0 Å². The average molecular weight is 258 g/mol. The Morgan fingerprint density at radius 2 is 2.17 bits per heavy atom.